The zero-order valence-corrected chi connectivity index (χ0v) is 9.86. The second kappa shape index (κ2) is 3.49. The van der Waals surface area contributed by atoms with E-state index in [0.717, 1.165) is 22.4 Å². The van der Waals surface area contributed by atoms with Crippen molar-refractivity contribution in [3.8, 4) is 11.4 Å². The van der Waals surface area contributed by atoms with Crippen LogP contribution in [0.3, 0.4) is 0 Å². The minimum Gasteiger partial charge on any atom is -0.383 e. The summed E-state index contributed by atoms with van der Waals surface area (Å²) >= 11 is 6.16. The van der Waals surface area contributed by atoms with E-state index in [0.29, 0.717) is 10.8 Å². The van der Waals surface area contributed by atoms with Crippen LogP contribution in [0, 0.1) is 0 Å². The molecule has 0 fully saturated rings. The summed E-state index contributed by atoms with van der Waals surface area (Å²) in [5.74, 6) is 1.25. The van der Waals surface area contributed by atoms with Crippen molar-refractivity contribution in [2.75, 3.05) is 5.73 Å². The first kappa shape index (κ1) is 10.2. The number of imidazole rings is 1. The number of hydrogen-bond donors (Lipinski definition) is 2. The molecule has 3 N–H and O–H groups in total. The Morgan fingerprint density at radius 3 is 2.88 bits per heavy atom. The number of anilines is 1. The van der Waals surface area contributed by atoms with Crippen LogP contribution >= 0.6 is 11.6 Å². The van der Waals surface area contributed by atoms with Gasteiger partial charge >= 0.3 is 0 Å². The van der Waals surface area contributed by atoms with Crippen molar-refractivity contribution in [2.24, 2.45) is 7.05 Å². The first-order valence-electron chi connectivity index (χ1n) is 5.08. The maximum atomic E-state index is 6.16. The zero-order chi connectivity index (χ0) is 12.0. The predicted molar refractivity (Wildman–Crippen MR) is 67.7 cm³/mol. The lowest BCUT2D eigenvalue weighted by Crippen LogP contribution is -1.95. The molecule has 0 aliphatic rings. The number of halogens is 1. The molecular weight excluding hydrogens is 238 g/mol. The van der Waals surface area contributed by atoms with Crippen molar-refractivity contribution < 1.29 is 0 Å². The summed E-state index contributed by atoms with van der Waals surface area (Å²) in [5, 5.41) is 7.26. The number of fused-ring (bicyclic) bond motifs is 1. The SMILES string of the molecule is Cn1c(-c2cn[nH]c2N)nc2cccc(Cl)c21. The fourth-order valence-electron chi connectivity index (χ4n) is 1.94. The molecule has 86 valence electrons. The summed E-state index contributed by atoms with van der Waals surface area (Å²) in [7, 11) is 1.91. The average molecular weight is 248 g/mol. The minimum atomic E-state index is 0.500. The van der Waals surface area contributed by atoms with Gasteiger partial charge in [0.2, 0.25) is 0 Å². The predicted octanol–water partition coefficient (Wildman–Crippen LogP) is 2.20. The molecule has 1 aromatic carbocycles. The molecule has 2 aromatic heterocycles. The first-order valence-corrected chi connectivity index (χ1v) is 5.46. The van der Waals surface area contributed by atoms with Gasteiger partial charge < -0.3 is 10.3 Å². The maximum absolute atomic E-state index is 6.16. The standard InChI is InChI=1S/C11H10ClN5/c1-17-9-7(12)3-2-4-8(9)15-11(17)6-5-14-16-10(6)13/h2-5H,1H3,(H3,13,14,16). The molecule has 2 heterocycles. The number of nitrogens with two attached hydrogens (primary N) is 1. The summed E-state index contributed by atoms with van der Waals surface area (Å²) in [6.45, 7) is 0. The summed E-state index contributed by atoms with van der Waals surface area (Å²) in [4.78, 5) is 4.51. The molecule has 0 unspecified atom stereocenters. The highest BCUT2D eigenvalue weighted by Gasteiger charge is 2.15. The Labute approximate surface area is 102 Å². The quantitative estimate of drug-likeness (QED) is 0.692. The van der Waals surface area contributed by atoms with Crippen LogP contribution in [0.15, 0.2) is 24.4 Å². The van der Waals surface area contributed by atoms with Crippen molar-refractivity contribution >= 4 is 28.5 Å². The molecule has 0 aliphatic carbocycles. The second-order valence-electron chi connectivity index (χ2n) is 3.80. The van der Waals surface area contributed by atoms with Gasteiger partial charge in [0, 0.05) is 7.05 Å². The van der Waals surface area contributed by atoms with E-state index >= 15 is 0 Å². The van der Waals surface area contributed by atoms with Crippen LogP contribution in [0.2, 0.25) is 5.02 Å². The van der Waals surface area contributed by atoms with E-state index in [1.165, 1.54) is 0 Å². The lowest BCUT2D eigenvalue weighted by atomic mass is 10.3. The van der Waals surface area contributed by atoms with Gasteiger partial charge in [-0.25, -0.2) is 4.98 Å². The summed E-state index contributed by atoms with van der Waals surface area (Å²) in [5.41, 5.74) is 8.31. The Morgan fingerprint density at radius 2 is 2.24 bits per heavy atom. The molecule has 0 bridgehead atoms. The highest BCUT2D eigenvalue weighted by Crippen LogP contribution is 2.29. The van der Waals surface area contributed by atoms with Crippen LogP contribution in [0.1, 0.15) is 0 Å². The Bertz CT molecular complexity index is 697. The molecule has 17 heavy (non-hydrogen) atoms. The molecular formula is C11H10ClN5. The lowest BCUT2D eigenvalue weighted by Gasteiger charge is -2.01. The summed E-state index contributed by atoms with van der Waals surface area (Å²) in [6, 6.07) is 5.63. The van der Waals surface area contributed by atoms with Crippen LogP contribution in [0.4, 0.5) is 5.82 Å². The monoisotopic (exact) mass is 247 g/mol. The number of nitrogens with one attached hydrogen (secondary N) is 1. The van der Waals surface area contributed by atoms with E-state index < -0.39 is 0 Å². The van der Waals surface area contributed by atoms with E-state index in [1.54, 1.807) is 6.20 Å². The van der Waals surface area contributed by atoms with Crippen LogP contribution in [0.25, 0.3) is 22.4 Å². The van der Waals surface area contributed by atoms with Crippen molar-refractivity contribution in [3.05, 3.63) is 29.4 Å². The summed E-state index contributed by atoms with van der Waals surface area (Å²) in [6.07, 6.45) is 1.66. The highest BCUT2D eigenvalue weighted by molar-refractivity contribution is 6.35. The van der Waals surface area contributed by atoms with Crippen molar-refractivity contribution in [1.82, 2.24) is 19.7 Å². The van der Waals surface area contributed by atoms with Crippen molar-refractivity contribution in [3.63, 3.8) is 0 Å². The molecule has 3 rings (SSSR count). The first-order chi connectivity index (χ1) is 8.18. The fourth-order valence-corrected chi connectivity index (χ4v) is 2.23. The van der Waals surface area contributed by atoms with E-state index in [1.807, 2.05) is 29.8 Å². The van der Waals surface area contributed by atoms with E-state index in [-0.39, 0.29) is 0 Å². The number of nitrogen functional groups attached to an aromatic ring is 1. The average Bonchev–Trinajstić information content (AvgIpc) is 2.84. The molecule has 0 saturated carbocycles. The molecule has 0 aliphatic heterocycles. The Morgan fingerprint density at radius 1 is 1.41 bits per heavy atom. The lowest BCUT2D eigenvalue weighted by molar-refractivity contribution is 0.960. The van der Waals surface area contributed by atoms with Gasteiger partial charge in [-0.05, 0) is 12.1 Å². The van der Waals surface area contributed by atoms with Crippen molar-refractivity contribution in [2.45, 2.75) is 0 Å². The van der Waals surface area contributed by atoms with Gasteiger partial charge in [0.25, 0.3) is 0 Å². The number of hydrogen-bond acceptors (Lipinski definition) is 3. The topological polar surface area (TPSA) is 72.5 Å². The summed E-state index contributed by atoms with van der Waals surface area (Å²) < 4.78 is 1.92. The van der Waals surface area contributed by atoms with Gasteiger partial charge in [-0.15, -0.1) is 0 Å². The smallest absolute Gasteiger partial charge is 0.146 e. The van der Waals surface area contributed by atoms with Gasteiger partial charge in [-0.1, -0.05) is 17.7 Å². The van der Waals surface area contributed by atoms with Gasteiger partial charge in [-0.3, -0.25) is 5.10 Å². The number of nitrogens with zero attached hydrogens (tertiary/aromatic N) is 3. The maximum Gasteiger partial charge on any atom is 0.146 e. The van der Waals surface area contributed by atoms with Crippen LogP contribution < -0.4 is 5.73 Å². The van der Waals surface area contributed by atoms with Gasteiger partial charge in [0.15, 0.2) is 0 Å². The highest BCUT2D eigenvalue weighted by atomic mass is 35.5. The molecule has 0 saturated heterocycles. The fraction of sp³-hybridized carbons (Fsp3) is 0.0909. The molecule has 0 atom stereocenters. The number of aromatic amines is 1. The van der Waals surface area contributed by atoms with Crippen LogP contribution in [0.5, 0.6) is 0 Å². The number of aryl methyl sites for hydroxylation is 1. The Hall–Kier alpha value is -2.01. The number of para-hydroxylation sites is 1. The van der Waals surface area contributed by atoms with Gasteiger partial charge in [0.05, 0.1) is 27.8 Å². The Kier molecular flexibility index (Phi) is 2.09. The molecule has 0 radical (unpaired) electrons. The van der Waals surface area contributed by atoms with E-state index in [2.05, 4.69) is 15.2 Å². The normalized spacial score (nSPS) is 11.2. The Balaban J connectivity index is 2.36. The second-order valence-corrected chi connectivity index (χ2v) is 4.21. The minimum absolute atomic E-state index is 0.500. The van der Waals surface area contributed by atoms with Gasteiger partial charge in [-0.2, -0.15) is 5.10 Å². The van der Waals surface area contributed by atoms with E-state index in [4.69, 9.17) is 17.3 Å². The number of rotatable bonds is 1. The number of benzene rings is 1. The molecule has 6 heteroatoms. The van der Waals surface area contributed by atoms with Crippen LogP contribution in [-0.4, -0.2) is 19.7 Å². The molecule has 0 spiro atoms. The van der Waals surface area contributed by atoms with Crippen molar-refractivity contribution in [1.29, 1.82) is 0 Å². The third kappa shape index (κ3) is 1.39. The largest absolute Gasteiger partial charge is 0.383 e. The number of aromatic nitrogens is 4. The van der Waals surface area contributed by atoms with Crippen LogP contribution in [-0.2, 0) is 7.05 Å². The molecule has 5 nitrogen and oxygen atoms in total. The molecule has 0 amide bonds. The third-order valence-corrected chi connectivity index (χ3v) is 3.06. The number of H-pyrrole nitrogens is 1. The molecule has 3 aromatic rings. The zero-order valence-electron chi connectivity index (χ0n) is 9.11. The van der Waals surface area contributed by atoms with Gasteiger partial charge in [0.1, 0.15) is 11.6 Å². The van der Waals surface area contributed by atoms with E-state index in [9.17, 15) is 0 Å². The third-order valence-electron chi connectivity index (χ3n) is 2.75.